The molecule has 3 heteroatoms. The number of carbonyl (C=O) groups is 1. The molecule has 0 aliphatic carbocycles. The first-order valence-corrected chi connectivity index (χ1v) is 7.46. The van der Waals surface area contributed by atoms with Crippen LogP contribution in [0, 0.1) is 0 Å². The van der Waals surface area contributed by atoms with E-state index in [0.29, 0.717) is 13.1 Å². The summed E-state index contributed by atoms with van der Waals surface area (Å²) in [5, 5.41) is 0. The zero-order chi connectivity index (χ0) is 15.6. The van der Waals surface area contributed by atoms with Crippen molar-refractivity contribution >= 4 is 11.7 Å². The largest absolute Gasteiger partial charge is 0.325 e. The molecule has 0 saturated carbocycles. The number of urea groups is 1. The lowest BCUT2D eigenvalue weighted by Crippen LogP contribution is -2.43. The maximum absolute atomic E-state index is 12.9. The van der Waals surface area contributed by atoms with Crippen molar-refractivity contribution < 1.29 is 4.79 Å². The monoisotopic (exact) mass is 292 g/mol. The fourth-order valence-electron chi connectivity index (χ4n) is 2.95. The SMILES string of the molecule is C=C[C@@]1(C)CN(Cc2ccccc2)C(=O)N1c1ccccc1. The average molecular weight is 292 g/mol. The van der Waals surface area contributed by atoms with Crippen molar-refractivity contribution in [2.75, 3.05) is 11.4 Å². The van der Waals surface area contributed by atoms with Crippen LogP contribution < -0.4 is 4.90 Å². The van der Waals surface area contributed by atoms with E-state index in [1.54, 1.807) is 0 Å². The number of hydrogen-bond acceptors (Lipinski definition) is 1. The Morgan fingerprint density at radius 1 is 1.09 bits per heavy atom. The van der Waals surface area contributed by atoms with E-state index in [0.717, 1.165) is 11.3 Å². The highest BCUT2D eigenvalue weighted by molar-refractivity contribution is 5.96. The fourth-order valence-corrected chi connectivity index (χ4v) is 2.95. The lowest BCUT2D eigenvalue weighted by atomic mass is 10.0. The first-order chi connectivity index (χ1) is 10.6. The minimum atomic E-state index is -0.396. The third-order valence-electron chi connectivity index (χ3n) is 4.15. The molecule has 0 radical (unpaired) electrons. The molecule has 1 aliphatic rings. The van der Waals surface area contributed by atoms with Gasteiger partial charge < -0.3 is 4.90 Å². The minimum absolute atomic E-state index is 0.0254. The van der Waals surface area contributed by atoms with Gasteiger partial charge in [-0.1, -0.05) is 54.6 Å². The van der Waals surface area contributed by atoms with Gasteiger partial charge in [-0.05, 0) is 24.6 Å². The van der Waals surface area contributed by atoms with Gasteiger partial charge in [0.2, 0.25) is 0 Å². The van der Waals surface area contributed by atoms with E-state index in [9.17, 15) is 4.79 Å². The second kappa shape index (κ2) is 5.68. The third kappa shape index (κ3) is 2.50. The molecule has 1 fully saturated rings. The van der Waals surface area contributed by atoms with E-state index in [1.807, 2.05) is 76.5 Å². The number of para-hydroxylation sites is 1. The van der Waals surface area contributed by atoms with Crippen LogP contribution in [0.2, 0.25) is 0 Å². The maximum atomic E-state index is 12.9. The zero-order valence-corrected chi connectivity index (χ0v) is 12.8. The molecule has 1 atom stereocenters. The molecule has 112 valence electrons. The van der Waals surface area contributed by atoms with Crippen LogP contribution in [-0.4, -0.2) is 23.0 Å². The Morgan fingerprint density at radius 2 is 1.68 bits per heavy atom. The van der Waals surface area contributed by atoms with E-state index in [1.165, 1.54) is 0 Å². The Labute approximate surface area is 131 Å². The van der Waals surface area contributed by atoms with Crippen LogP contribution in [0.1, 0.15) is 12.5 Å². The van der Waals surface area contributed by atoms with Crippen molar-refractivity contribution in [3.05, 3.63) is 78.9 Å². The van der Waals surface area contributed by atoms with Crippen molar-refractivity contribution in [2.24, 2.45) is 0 Å². The molecule has 2 amide bonds. The first kappa shape index (κ1) is 14.4. The smallest absolute Gasteiger partial charge is 0.317 e. The van der Waals surface area contributed by atoms with Crippen LogP contribution in [0.25, 0.3) is 0 Å². The molecular weight excluding hydrogens is 272 g/mol. The molecule has 3 rings (SSSR count). The highest BCUT2D eigenvalue weighted by Gasteiger charge is 2.45. The van der Waals surface area contributed by atoms with Gasteiger partial charge in [0.05, 0.1) is 5.54 Å². The summed E-state index contributed by atoms with van der Waals surface area (Å²) >= 11 is 0. The van der Waals surface area contributed by atoms with Crippen LogP contribution >= 0.6 is 0 Å². The van der Waals surface area contributed by atoms with Gasteiger partial charge in [-0.25, -0.2) is 4.79 Å². The number of amides is 2. The second-order valence-corrected chi connectivity index (χ2v) is 5.86. The molecular formula is C19H20N2O. The van der Waals surface area contributed by atoms with E-state index in [4.69, 9.17) is 0 Å². The quantitative estimate of drug-likeness (QED) is 0.779. The summed E-state index contributed by atoms with van der Waals surface area (Å²) in [5.74, 6) is 0. The normalized spacial score (nSPS) is 21.2. The fraction of sp³-hybridized carbons (Fsp3) is 0.211. The van der Waals surface area contributed by atoms with Gasteiger partial charge >= 0.3 is 6.03 Å². The highest BCUT2D eigenvalue weighted by atomic mass is 16.2. The summed E-state index contributed by atoms with van der Waals surface area (Å²) in [4.78, 5) is 16.6. The van der Waals surface area contributed by atoms with Gasteiger partial charge in [0.1, 0.15) is 0 Å². The molecule has 1 aliphatic heterocycles. The maximum Gasteiger partial charge on any atom is 0.325 e. The summed E-state index contributed by atoms with van der Waals surface area (Å²) in [6.45, 7) is 7.25. The van der Waals surface area contributed by atoms with E-state index in [2.05, 4.69) is 13.5 Å². The lowest BCUT2D eigenvalue weighted by Gasteiger charge is -2.30. The van der Waals surface area contributed by atoms with Crippen LogP contribution in [-0.2, 0) is 6.54 Å². The lowest BCUT2D eigenvalue weighted by molar-refractivity contribution is 0.218. The summed E-state index contributed by atoms with van der Waals surface area (Å²) in [6, 6.07) is 19.9. The molecule has 22 heavy (non-hydrogen) atoms. The molecule has 0 bridgehead atoms. The van der Waals surface area contributed by atoms with E-state index >= 15 is 0 Å². The van der Waals surface area contributed by atoms with Gasteiger partial charge in [-0.2, -0.15) is 0 Å². The van der Waals surface area contributed by atoms with Crippen molar-refractivity contribution in [1.29, 1.82) is 0 Å². The van der Waals surface area contributed by atoms with Gasteiger partial charge in [-0.3, -0.25) is 4.90 Å². The van der Waals surface area contributed by atoms with Crippen LogP contribution in [0.15, 0.2) is 73.3 Å². The predicted molar refractivity (Wildman–Crippen MR) is 89.8 cm³/mol. The Kier molecular flexibility index (Phi) is 3.72. The Morgan fingerprint density at radius 3 is 2.27 bits per heavy atom. The number of anilines is 1. The van der Waals surface area contributed by atoms with Crippen molar-refractivity contribution in [1.82, 2.24) is 4.90 Å². The van der Waals surface area contributed by atoms with Crippen LogP contribution in [0.4, 0.5) is 10.5 Å². The topological polar surface area (TPSA) is 23.6 Å². The molecule has 0 N–H and O–H groups in total. The molecule has 2 aromatic carbocycles. The average Bonchev–Trinajstić information content (AvgIpc) is 2.80. The molecule has 2 aromatic rings. The molecule has 3 nitrogen and oxygen atoms in total. The van der Waals surface area contributed by atoms with Crippen molar-refractivity contribution in [3.8, 4) is 0 Å². The van der Waals surface area contributed by atoms with Crippen LogP contribution in [0.5, 0.6) is 0 Å². The summed E-state index contributed by atoms with van der Waals surface area (Å²) in [5.41, 5.74) is 1.65. The summed E-state index contributed by atoms with van der Waals surface area (Å²) < 4.78 is 0. The molecule has 1 heterocycles. The molecule has 1 saturated heterocycles. The standard InChI is InChI=1S/C19H20N2O/c1-3-19(2)15-20(14-16-10-6-4-7-11-16)18(22)21(19)17-12-8-5-9-13-17/h3-13H,1,14-15H2,2H3/t19-/m0/s1. The summed E-state index contributed by atoms with van der Waals surface area (Å²) in [7, 11) is 0. The highest BCUT2D eigenvalue weighted by Crippen LogP contribution is 2.33. The number of benzene rings is 2. The number of nitrogens with zero attached hydrogens (tertiary/aromatic N) is 2. The zero-order valence-electron chi connectivity index (χ0n) is 12.8. The third-order valence-corrected chi connectivity index (χ3v) is 4.15. The van der Waals surface area contributed by atoms with Gasteiger partial charge in [0, 0.05) is 18.8 Å². The van der Waals surface area contributed by atoms with Gasteiger partial charge in [0.25, 0.3) is 0 Å². The summed E-state index contributed by atoms with van der Waals surface area (Å²) in [6.07, 6.45) is 1.86. The Balaban J connectivity index is 1.90. The van der Waals surface area contributed by atoms with Crippen molar-refractivity contribution in [3.63, 3.8) is 0 Å². The Bertz CT molecular complexity index is 668. The van der Waals surface area contributed by atoms with Crippen molar-refractivity contribution in [2.45, 2.75) is 19.0 Å². The first-order valence-electron chi connectivity index (χ1n) is 7.46. The predicted octanol–water partition coefficient (Wildman–Crippen LogP) is 4.07. The van der Waals surface area contributed by atoms with Crippen LogP contribution in [0.3, 0.4) is 0 Å². The minimum Gasteiger partial charge on any atom is -0.317 e. The van der Waals surface area contributed by atoms with Gasteiger partial charge in [0.15, 0.2) is 0 Å². The number of hydrogen-bond donors (Lipinski definition) is 0. The van der Waals surface area contributed by atoms with Gasteiger partial charge in [-0.15, -0.1) is 6.58 Å². The molecule has 0 spiro atoms. The number of rotatable bonds is 4. The number of carbonyl (C=O) groups excluding carboxylic acids is 1. The molecule has 0 unspecified atom stereocenters. The molecule has 0 aromatic heterocycles. The van der Waals surface area contributed by atoms with E-state index in [-0.39, 0.29) is 6.03 Å². The second-order valence-electron chi connectivity index (χ2n) is 5.86. The van der Waals surface area contributed by atoms with E-state index < -0.39 is 5.54 Å². The Hall–Kier alpha value is -2.55.